The average molecular weight is 408 g/mol. The van der Waals surface area contributed by atoms with E-state index in [-0.39, 0.29) is 47.7 Å². The van der Waals surface area contributed by atoms with Gasteiger partial charge in [-0.05, 0) is 62.9 Å². The lowest BCUT2D eigenvalue weighted by Gasteiger charge is -2.57. The number of fused-ring (bicyclic) bond motifs is 5. The predicted octanol–water partition coefficient (Wildman–Crippen LogP) is 4.22. The molecule has 0 saturated heterocycles. The summed E-state index contributed by atoms with van der Waals surface area (Å²) in [4.78, 5) is 23.9. The Kier molecular flexibility index (Phi) is 5.00. The first kappa shape index (κ1) is 20.7. The second-order valence-electron chi connectivity index (χ2n) is 9.94. The minimum atomic E-state index is -1.46. The summed E-state index contributed by atoms with van der Waals surface area (Å²) in [5.41, 5.74) is -0.977. The van der Waals surface area contributed by atoms with Gasteiger partial charge in [0.1, 0.15) is 12.3 Å². The number of ether oxygens (including phenoxy) is 1. The Bertz CT molecular complexity index is 788. The minimum absolute atomic E-state index is 0.0276. The summed E-state index contributed by atoms with van der Waals surface area (Å²) in [5, 5.41) is 9.45. The van der Waals surface area contributed by atoms with Crippen LogP contribution in [-0.4, -0.2) is 35.2 Å². The molecule has 3 saturated carbocycles. The van der Waals surface area contributed by atoms with Gasteiger partial charge in [-0.1, -0.05) is 19.9 Å². The Hall–Kier alpha value is -1.56. The maximum absolute atomic E-state index is 15.2. The molecule has 4 aliphatic carbocycles. The Morgan fingerprint density at radius 3 is 2.72 bits per heavy atom. The van der Waals surface area contributed by atoms with Crippen LogP contribution in [0.1, 0.15) is 59.3 Å². The number of carbonyl (C=O) groups is 2. The zero-order valence-corrected chi connectivity index (χ0v) is 17.3. The fourth-order valence-corrected chi connectivity index (χ4v) is 6.89. The van der Waals surface area contributed by atoms with Gasteiger partial charge in [0.25, 0.3) is 0 Å². The van der Waals surface area contributed by atoms with E-state index in [4.69, 9.17) is 4.74 Å². The van der Waals surface area contributed by atoms with Gasteiger partial charge < -0.3 is 9.84 Å². The molecule has 0 aromatic heterocycles. The van der Waals surface area contributed by atoms with Crippen molar-refractivity contribution < 1.29 is 28.2 Å². The number of ketones is 1. The third kappa shape index (κ3) is 3.09. The van der Waals surface area contributed by atoms with Crippen LogP contribution in [0.15, 0.2) is 23.6 Å². The molecule has 0 radical (unpaired) electrons. The van der Waals surface area contributed by atoms with Gasteiger partial charge in [0.05, 0.1) is 12.5 Å². The molecule has 0 heterocycles. The van der Waals surface area contributed by atoms with Crippen molar-refractivity contribution >= 4 is 11.8 Å². The van der Waals surface area contributed by atoms with E-state index in [2.05, 4.69) is 6.92 Å². The van der Waals surface area contributed by atoms with Crippen molar-refractivity contribution in [2.45, 2.75) is 77.7 Å². The number of aliphatic hydroxyl groups excluding tert-OH is 1. The van der Waals surface area contributed by atoms with Crippen molar-refractivity contribution in [1.82, 2.24) is 0 Å². The van der Waals surface area contributed by atoms with Crippen LogP contribution in [0, 0.1) is 28.6 Å². The summed E-state index contributed by atoms with van der Waals surface area (Å²) >= 11 is 0. The predicted molar refractivity (Wildman–Crippen MR) is 103 cm³/mol. The summed E-state index contributed by atoms with van der Waals surface area (Å²) in [7, 11) is 0. The molecule has 6 heteroatoms. The SMILES string of the molecule is CC(O)CC(=O)OC1CC[C@H]2[C@@H]3C[C@H](F)C4=C(F)C(=O)C=C[C@]4(C)[C@H]3CC[C@]12C. The van der Waals surface area contributed by atoms with Gasteiger partial charge in [-0.25, -0.2) is 8.78 Å². The van der Waals surface area contributed by atoms with Gasteiger partial charge in [0, 0.05) is 16.4 Å². The fourth-order valence-electron chi connectivity index (χ4n) is 6.89. The van der Waals surface area contributed by atoms with E-state index in [9.17, 15) is 19.1 Å². The first-order chi connectivity index (χ1) is 13.6. The van der Waals surface area contributed by atoms with Gasteiger partial charge >= 0.3 is 5.97 Å². The number of esters is 1. The van der Waals surface area contributed by atoms with Crippen molar-refractivity contribution in [2.75, 3.05) is 0 Å². The van der Waals surface area contributed by atoms with Gasteiger partial charge in [-0.2, -0.15) is 0 Å². The third-order valence-corrected chi connectivity index (χ3v) is 8.26. The van der Waals surface area contributed by atoms with E-state index < -0.39 is 35.3 Å². The molecule has 0 aromatic rings. The molecule has 4 rings (SSSR count). The summed E-state index contributed by atoms with van der Waals surface area (Å²) in [6.45, 7) is 5.55. The molecule has 0 bridgehead atoms. The number of halogens is 2. The number of aliphatic hydroxyl groups is 1. The van der Waals surface area contributed by atoms with E-state index >= 15 is 4.39 Å². The molecule has 0 amide bonds. The molecule has 0 aromatic carbocycles. The molecule has 4 nitrogen and oxygen atoms in total. The van der Waals surface area contributed by atoms with Crippen LogP contribution in [0.25, 0.3) is 0 Å². The molecule has 4 aliphatic rings. The lowest BCUT2D eigenvalue weighted by molar-refractivity contribution is -0.161. The number of alkyl halides is 1. The van der Waals surface area contributed by atoms with E-state index in [1.54, 1.807) is 13.0 Å². The molecule has 8 atom stereocenters. The van der Waals surface area contributed by atoms with Gasteiger partial charge in [-0.3, -0.25) is 9.59 Å². The Morgan fingerprint density at radius 1 is 1.31 bits per heavy atom. The largest absolute Gasteiger partial charge is 0.462 e. The molecule has 0 aliphatic heterocycles. The highest BCUT2D eigenvalue weighted by Gasteiger charge is 2.62. The maximum atomic E-state index is 15.2. The summed E-state index contributed by atoms with van der Waals surface area (Å²) in [5.74, 6) is -1.71. The molecular weight excluding hydrogens is 378 g/mol. The number of hydrogen-bond acceptors (Lipinski definition) is 4. The van der Waals surface area contributed by atoms with E-state index in [0.717, 1.165) is 25.7 Å². The van der Waals surface area contributed by atoms with Crippen molar-refractivity contribution in [2.24, 2.45) is 28.6 Å². The monoisotopic (exact) mass is 408 g/mol. The highest BCUT2D eigenvalue weighted by atomic mass is 19.1. The number of hydrogen-bond donors (Lipinski definition) is 1. The number of rotatable bonds is 3. The molecule has 0 spiro atoms. The van der Waals surface area contributed by atoms with Gasteiger partial charge in [0.15, 0.2) is 5.83 Å². The second kappa shape index (κ2) is 7.00. The van der Waals surface area contributed by atoms with Crippen LogP contribution in [0.3, 0.4) is 0 Å². The van der Waals surface area contributed by atoms with Gasteiger partial charge in [-0.15, -0.1) is 0 Å². The van der Waals surface area contributed by atoms with Crippen molar-refractivity contribution in [1.29, 1.82) is 0 Å². The quantitative estimate of drug-likeness (QED) is 0.710. The molecule has 3 fully saturated rings. The zero-order valence-electron chi connectivity index (χ0n) is 17.3. The van der Waals surface area contributed by atoms with Gasteiger partial charge in [0.2, 0.25) is 5.78 Å². The normalized spacial score (nSPS) is 44.8. The summed E-state index contributed by atoms with van der Waals surface area (Å²) in [6, 6.07) is 0. The maximum Gasteiger partial charge on any atom is 0.308 e. The fraction of sp³-hybridized carbons (Fsp3) is 0.739. The highest BCUT2D eigenvalue weighted by Crippen LogP contribution is 2.65. The molecule has 1 N–H and O–H groups in total. The van der Waals surface area contributed by atoms with Crippen LogP contribution < -0.4 is 0 Å². The molecular formula is C23H30F2O4. The summed E-state index contributed by atoms with van der Waals surface area (Å²) < 4.78 is 35.5. The average Bonchev–Trinajstić information content (AvgIpc) is 2.94. The van der Waals surface area contributed by atoms with E-state index in [0.29, 0.717) is 0 Å². The lowest BCUT2D eigenvalue weighted by Crippen LogP contribution is -2.53. The van der Waals surface area contributed by atoms with E-state index in [1.165, 1.54) is 6.08 Å². The Balaban J connectivity index is 1.60. The highest BCUT2D eigenvalue weighted by molar-refractivity contribution is 6.04. The van der Waals surface area contributed by atoms with Crippen molar-refractivity contribution in [3.63, 3.8) is 0 Å². The molecule has 160 valence electrons. The first-order valence-electron chi connectivity index (χ1n) is 10.7. The number of carbonyl (C=O) groups excluding carboxylic acids is 2. The first-order valence-corrected chi connectivity index (χ1v) is 10.7. The topological polar surface area (TPSA) is 63.6 Å². The van der Waals surface area contributed by atoms with Crippen LogP contribution in [0.5, 0.6) is 0 Å². The Labute approximate surface area is 170 Å². The minimum Gasteiger partial charge on any atom is -0.462 e. The molecule has 2 unspecified atom stereocenters. The van der Waals surface area contributed by atoms with E-state index in [1.807, 2.05) is 6.92 Å². The third-order valence-electron chi connectivity index (χ3n) is 8.26. The van der Waals surface area contributed by atoms with Crippen LogP contribution >= 0.6 is 0 Å². The standard InChI is InChI=1S/C23H30F2O4/c1-12(26)10-19(28)29-18-5-4-14-13-11-16(24)20-21(25)17(27)7-9-23(20,3)15(13)6-8-22(14,18)2/h7,9,12-16,18,26H,4-6,8,10-11H2,1-3H3/t12?,13-,14-,15-,16-,18?,22-,23+/m0/s1. The van der Waals surface area contributed by atoms with Crippen LogP contribution in [0.2, 0.25) is 0 Å². The number of allylic oxidation sites excluding steroid dienone is 4. The zero-order chi connectivity index (χ0) is 21.1. The van der Waals surface area contributed by atoms with Crippen LogP contribution in [-0.2, 0) is 14.3 Å². The van der Waals surface area contributed by atoms with Crippen LogP contribution in [0.4, 0.5) is 8.78 Å². The summed E-state index contributed by atoms with van der Waals surface area (Å²) in [6.07, 6.45) is 3.90. The Morgan fingerprint density at radius 2 is 2.03 bits per heavy atom. The van der Waals surface area contributed by atoms with Crippen molar-refractivity contribution in [3.05, 3.63) is 23.6 Å². The smallest absolute Gasteiger partial charge is 0.308 e. The second-order valence-corrected chi connectivity index (χ2v) is 9.94. The molecule has 29 heavy (non-hydrogen) atoms. The lowest BCUT2D eigenvalue weighted by atomic mass is 9.48. The van der Waals surface area contributed by atoms with Crippen molar-refractivity contribution in [3.8, 4) is 0 Å².